The van der Waals surface area contributed by atoms with Gasteiger partial charge in [0.15, 0.2) is 0 Å². The highest BCUT2D eigenvalue weighted by Gasteiger charge is 2.39. The van der Waals surface area contributed by atoms with Gasteiger partial charge in [0.1, 0.15) is 5.41 Å². The van der Waals surface area contributed by atoms with E-state index in [1.165, 1.54) is 5.56 Å². The summed E-state index contributed by atoms with van der Waals surface area (Å²) in [5, 5.41) is 2.75. The lowest BCUT2D eigenvalue weighted by atomic mass is 9.88. The summed E-state index contributed by atoms with van der Waals surface area (Å²) in [6, 6.07) is 8.14. The molecule has 0 aliphatic carbocycles. The standard InChI is InChI=1S/C17H24N2O3/c1-17(2,15(20)18-9-11-22-3)16(21)19-10-8-13-6-4-5-7-14(13)12-19/h4-7H,8-12H2,1-3H3,(H,18,20). The summed E-state index contributed by atoms with van der Waals surface area (Å²) in [6.07, 6.45) is 0.837. The molecule has 2 rings (SSSR count). The largest absolute Gasteiger partial charge is 0.383 e. The Morgan fingerprint density at radius 2 is 1.95 bits per heavy atom. The molecule has 0 bridgehead atoms. The van der Waals surface area contributed by atoms with E-state index in [4.69, 9.17) is 4.74 Å². The third kappa shape index (κ3) is 3.47. The zero-order chi connectivity index (χ0) is 16.2. The number of nitrogens with zero attached hydrogens (tertiary/aromatic N) is 1. The van der Waals surface area contributed by atoms with Crippen molar-refractivity contribution in [3.63, 3.8) is 0 Å². The minimum absolute atomic E-state index is 0.128. The van der Waals surface area contributed by atoms with Crippen LogP contribution in [0.25, 0.3) is 0 Å². The Labute approximate surface area is 131 Å². The van der Waals surface area contributed by atoms with Gasteiger partial charge in [-0.1, -0.05) is 24.3 Å². The van der Waals surface area contributed by atoms with Crippen molar-refractivity contribution >= 4 is 11.8 Å². The fourth-order valence-electron chi connectivity index (χ4n) is 2.65. The number of carbonyl (C=O) groups excluding carboxylic acids is 2. The molecule has 0 aromatic heterocycles. The Morgan fingerprint density at radius 1 is 1.27 bits per heavy atom. The van der Waals surface area contributed by atoms with E-state index in [2.05, 4.69) is 11.4 Å². The van der Waals surface area contributed by atoms with Crippen molar-refractivity contribution in [3.8, 4) is 0 Å². The second-order valence-electron chi connectivity index (χ2n) is 6.12. The van der Waals surface area contributed by atoms with Crippen LogP contribution in [0.15, 0.2) is 24.3 Å². The number of hydrogen-bond acceptors (Lipinski definition) is 3. The van der Waals surface area contributed by atoms with Gasteiger partial charge in [0.05, 0.1) is 6.61 Å². The Hall–Kier alpha value is -1.88. The number of benzene rings is 1. The molecule has 0 saturated carbocycles. The SMILES string of the molecule is COCCNC(=O)C(C)(C)C(=O)N1CCc2ccccc2C1. The number of fused-ring (bicyclic) bond motifs is 1. The van der Waals surface area contributed by atoms with Crippen LogP contribution in [0.2, 0.25) is 0 Å². The number of amides is 2. The molecule has 0 unspecified atom stereocenters. The average molecular weight is 304 g/mol. The third-order valence-corrected chi connectivity index (χ3v) is 4.11. The molecule has 22 heavy (non-hydrogen) atoms. The van der Waals surface area contributed by atoms with Gasteiger partial charge in [-0.15, -0.1) is 0 Å². The Bertz CT molecular complexity index is 555. The molecule has 1 aliphatic heterocycles. The third-order valence-electron chi connectivity index (χ3n) is 4.11. The molecule has 1 aromatic carbocycles. The molecular weight excluding hydrogens is 280 g/mol. The van der Waals surface area contributed by atoms with Gasteiger partial charge in [-0.2, -0.15) is 0 Å². The minimum Gasteiger partial charge on any atom is -0.383 e. The fraction of sp³-hybridized carbons (Fsp3) is 0.529. The van der Waals surface area contributed by atoms with Crippen molar-refractivity contribution in [2.24, 2.45) is 5.41 Å². The predicted molar refractivity (Wildman–Crippen MR) is 84.2 cm³/mol. The summed E-state index contributed by atoms with van der Waals surface area (Å²) in [5.41, 5.74) is 1.38. The van der Waals surface area contributed by atoms with Crippen LogP contribution in [-0.4, -0.2) is 43.5 Å². The Balaban J connectivity index is 2.03. The van der Waals surface area contributed by atoms with Crippen molar-refractivity contribution in [1.29, 1.82) is 0 Å². The lowest BCUT2D eigenvalue weighted by Crippen LogP contribution is -2.51. The number of carbonyl (C=O) groups is 2. The number of nitrogens with one attached hydrogen (secondary N) is 1. The van der Waals surface area contributed by atoms with Crippen LogP contribution in [-0.2, 0) is 27.3 Å². The molecule has 0 radical (unpaired) electrons. The Morgan fingerprint density at radius 3 is 2.64 bits per heavy atom. The van der Waals surface area contributed by atoms with Crippen LogP contribution in [0.5, 0.6) is 0 Å². The van der Waals surface area contributed by atoms with E-state index in [0.29, 0.717) is 26.2 Å². The molecule has 2 amide bonds. The molecule has 5 nitrogen and oxygen atoms in total. The molecule has 1 N–H and O–H groups in total. The number of methoxy groups -OCH3 is 1. The van der Waals surface area contributed by atoms with E-state index < -0.39 is 5.41 Å². The summed E-state index contributed by atoms with van der Waals surface area (Å²) in [6.45, 7) is 5.44. The van der Waals surface area contributed by atoms with Gasteiger partial charge in [-0.25, -0.2) is 0 Å². The van der Waals surface area contributed by atoms with E-state index in [1.807, 2.05) is 18.2 Å². The number of ether oxygens (including phenoxy) is 1. The summed E-state index contributed by atoms with van der Waals surface area (Å²) in [4.78, 5) is 26.8. The van der Waals surface area contributed by atoms with Gasteiger partial charge in [0.2, 0.25) is 11.8 Å². The van der Waals surface area contributed by atoms with Gasteiger partial charge in [0.25, 0.3) is 0 Å². The van der Waals surface area contributed by atoms with Gasteiger partial charge in [-0.3, -0.25) is 9.59 Å². The molecule has 5 heteroatoms. The van der Waals surface area contributed by atoms with Crippen molar-refractivity contribution in [2.75, 3.05) is 26.8 Å². The summed E-state index contributed by atoms with van der Waals surface area (Å²) in [7, 11) is 1.58. The van der Waals surface area contributed by atoms with E-state index in [-0.39, 0.29) is 11.8 Å². The quantitative estimate of drug-likeness (QED) is 0.660. The first-order valence-corrected chi connectivity index (χ1v) is 7.60. The number of rotatable bonds is 5. The molecule has 120 valence electrons. The van der Waals surface area contributed by atoms with Gasteiger partial charge < -0.3 is 15.0 Å². The maximum atomic E-state index is 12.7. The molecule has 0 fully saturated rings. The molecular formula is C17H24N2O3. The smallest absolute Gasteiger partial charge is 0.238 e. The maximum absolute atomic E-state index is 12.7. The molecule has 0 saturated heterocycles. The van der Waals surface area contributed by atoms with E-state index in [9.17, 15) is 9.59 Å². The summed E-state index contributed by atoms with van der Waals surface area (Å²) >= 11 is 0. The van der Waals surface area contributed by atoms with Gasteiger partial charge in [-0.05, 0) is 31.4 Å². The first kappa shape index (κ1) is 16.5. The van der Waals surface area contributed by atoms with Crippen molar-refractivity contribution < 1.29 is 14.3 Å². The lowest BCUT2D eigenvalue weighted by molar-refractivity contribution is -0.149. The van der Waals surface area contributed by atoms with E-state index in [1.54, 1.807) is 25.9 Å². The zero-order valence-corrected chi connectivity index (χ0v) is 13.5. The predicted octanol–water partition coefficient (Wildman–Crippen LogP) is 1.36. The topological polar surface area (TPSA) is 58.6 Å². The minimum atomic E-state index is -1.07. The van der Waals surface area contributed by atoms with E-state index >= 15 is 0 Å². The second-order valence-corrected chi connectivity index (χ2v) is 6.12. The fourth-order valence-corrected chi connectivity index (χ4v) is 2.65. The molecule has 0 spiro atoms. The van der Waals surface area contributed by atoms with Crippen molar-refractivity contribution in [1.82, 2.24) is 10.2 Å². The van der Waals surface area contributed by atoms with Gasteiger partial charge >= 0.3 is 0 Å². The van der Waals surface area contributed by atoms with Crippen LogP contribution < -0.4 is 5.32 Å². The van der Waals surface area contributed by atoms with Crippen LogP contribution in [0, 0.1) is 5.41 Å². The normalized spacial score (nSPS) is 14.4. The average Bonchev–Trinajstić information content (AvgIpc) is 2.53. The second kappa shape index (κ2) is 6.92. The van der Waals surface area contributed by atoms with Crippen LogP contribution in [0.4, 0.5) is 0 Å². The zero-order valence-electron chi connectivity index (χ0n) is 13.5. The maximum Gasteiger partial charge on any atom is 0.238 e. The summed E-state index contributed by atoms with van der Waals surface area (Å²) in [5.74, 6) is -0.384. The Kier molecular flexibility index (Phi) is 5.19. The van der Waals surface area contributed by atoms with Crippen molar-refractivity contribution in [3.05, 3.63) is 35.4 Å². The van der Waals surface area contributed by atoms with Crippen LogP contribution in [0.1, 0.15) is 25.0 Å². The monoisotopic (exact) mass is 304 g/mol. The molecule has 1 aliphatic rings. The first-order valence-electron chi connectivity index (χ1n) is 7.60. The lowest BCUT2D eigenvalue weighted by Gasteiger charge is -2.34. The highest BCUT2D eigenvalue weighted by atomic mass is 16.5. The van der Waals surface area contributed by atoms with Gasteiger partial charge in [0, 0.05) is 26.7 Å². The molecule has 1 aromatic rings. The molecule has 1 heterocycles. The van der Waals surface area contributed by atoms with Crippen LogP contribution in [0.3, 0.4) is 0 Å². The number of hydrogen-bond donors (Lipinski definition) is 1. The first-order chi connectivity index (χ1) is 10.5. The van der Waals surface area contributed by atoms with Crippen molar-refractivity contribution in [2.45, 2.75) is 26.8 Å². The van der Waals surface area contributed by atoms with E-state index in [0.717, 1.165) is 12.0 Å². The molecule has 0 atom stereocenters. The summed E-state index contributed by atoms with van der Waals surface area (Å²) < 4.78 is 4.91. The highest BCUT2D eigenvalue weighted by molar-refractivity contribution is 6.04. The highest BCUT2D eigenvalue weighted by Crippen LogP contribution is 2.25. The van der Waals surface area contributed by atoms with Crippen LogP contribution >= 0.6 is 0 Å².